The number of carbonyl (C=O) groups is 1. The Morgan fingerprint density at radius 3 is 2.69 bits per heavy atom. The van der Waals surface area contributed by atoms with Crippen molar-refractivity contribution in [2.75, 3.05) is 19.6 Å². The molecule has 0 unspecified atom stereocenters. The number of fused-ring (bicyclic) bond motifs is 1. The van der Waals surface area contributed by atoms with Gasteiger partial charge in [0.05, 0.1) is 27.4 Å². The van der Waals surface area contributed by atoms with Gasteiger partial charge in [0.2, 0.25) is 5.91 Å². The molecule has 1 aromatic heterocycles. The second kappa shape index (κ2) is 8.03. The number of benzene rings is 1. The van der Waals surface area contributed by atoms with Gasteiger partial charge < -0.3 is 10.1 Å². The van der Waals surface area contributed by atoms with Crippen molar-refractivity contribution in [1.29, 1.82) is 0 Å². The highest BCUT2D eigenvalue weighted by atomic mass is 32.1. The van der Waals surface area contributed by atoms with Crippen LogP contribution in [0.1, 0.15) is 39.1 Å². The van der Waals surface area contributed by atoms with E-state index in [0.717, 1.165) is 23.6 Å². The van der Waals surface area contributed by atoms with Gasteiger partial charge in [-0.3, -0.25) is 9.69 Å². The summed E-state index contributed by atoms with van der Waals surface area (Å²) in [6.07, 6.45) is 1.63. The highest BCUT2D eigenvalue weighted by Crippen LogP contribution is 2.23. The van der Waals surface area contributed by atoms with Gasteiger partial charge in [0.25, 0.3) is 0 Å². The molecule has 0 aliphatic carbocycles. The maximum atomic E-state index is 12.3. The Morgan fingerprint density at radius 2 is 2.00 bits per heavy atom. The van der Waals surface area contributed by atoms with Gasteiger partial charge in [-0.05, 0) is 39.8 Å². The third-order valence-electron chi connectivity index (χ3n) is 4.90. The van der Waals surface area contributed by atoms with Gasteiger partial charge in [-0.2, -0.15) is 0 Å². The molecule has 1 amide bonds. The summed E-state index contributed by atoms with van der Waals surface area (Å²) in [6.45, 7) is 11.0. The van der Waals surface area contributed by atoms with E-state index in [9.17, 15) is 4.79 Å². The summed E-state index contributed by atoms with van der Waals surface area (Å²) >= 11 is 1.67. The van der Waals surface area contributed by atoms with Crippen LogP contribution in [-0.4, -0.2) is 53.2 Å². The number of nitrogens with one attached hydrogen (secondary N) is 1. The summed E-state index contributed by atoms with van der Waals surface area (Å²) in [4.78, 5) is 19.3. The second-order valence-electron chi connectivity index (χ2n) is 7.83. The number of hydrogen-bond acceptors (Lipinski definition) is 5. The quantitative estimate of drug-likeness (QED) is 0.842. The van der Waals surface area contributed by atoms with Gasteiger partial charge in [0.15, 0.2) is 0 Å². The molecule has 26 heavy (non-hydrogen) atoms. The number of carbonyl (C=O) groups excluding carboxylic acids is 1. The molecule has 0 spiro atoms. The van der Waals surface area contributed by atoms with Gasteiger partial charge in [0.1, 0.15) is 0 Å². The number of thiazole rings is 1. The lowest BCUT2D eigenvalue weighted by Gasteiger charge is -2.45. The Bertz CT molecular complexity index is 715. The zero-order valence-corrected chi connectivity index (χ0v) is 16.9. The van der Waals surface area contributed by atoms with Crippen LogP contribution in [0.4, 0.5) is 0 Å². The van der Waals surface area contributed by atoms with Crippen LogP contribution in [0.15, 0.2) is 24.3 Å². The maximum absolute atomic E-state index is 12.3. The number of amides is 1. The number of aromatic nitrogens is 1. The van der Waals surface area contributed by atoms with Gasteiger partial charge in [-0.25, -0.2) is 4.98 Å². The van der Waals surface area contributed by atoms with E-state index in [0.29, 0.717) is 19.4 Å². The molecule has 5 nitrogen and oxygen atoms in total. The summed E-state index contributed by atoms with van der Waals surface area (Å²) in [6, 6.07) is 8.10. The summed E-state index contributed by atoms with van der Waals surface area (Å²) in [5.41, 5.74) is 0.933. The number of morpholine rings is 1. The molecule has 2 atom stereocenters. The Kier molecular flexibility index (Phi) is 5.95. The van der Waals surface area contributed by atoms with Crippen LogP contribution in [0.25, 0.3) is 10.2 Å². The molecular formula is C20H29N3O2S. The molecule has 1 N–H and O–H groups in total. The molecule has 2 aromatic rings. The van der Waals surface area contributed by atoms with Crippen molar-refractivity contribution in [3.8, 4) is 0 Å². The average molecular weight is 376 g/mol. The first kappa shape index (κ1) is 19.3. The van der Waals surface area contributed by atoms with Crippen LogP contribution in [0, 0.1) is 0 Å². The normalized spacial score (nSPS) is 21.8. The first-order valence-corrected chi connectivity index (χ1v) is 10.2. The fourth-order valence-corrected chi connectivity index (χ4v) is 4.40. The van der Waals surface area contributed by atoms with E-state index in [1.54, 1.807) is 11.3 Å². The SMILES string of the molecule is C[C@H]1CN(C(C)(C)CNC(=O)CCc2nc3ccccc3s2)C[C@H](C)O1. The minimum Gasteiger partial charge on any atom is -0.373 e. The van der Waals surface area contributed by atoms with Crippen LogP contribution in [0.2, 0.25) is 0 Å². The predicted octanol–water partition coefficient (Wildman–Crippen LogP) is 3.23. The van der Waals surface area contributed by atoms with E-state index in [4.69, 9.17) is 4.74 Å². The number of nitrogens with zero attached hydrogens (tertiary/aromatic N) is 2. The Labute approximate surface area is 159 Å². The van der Waals surface area contributed by atoms with E-state index in [-0.39, 0.29) is 23.7 Å². The van der Waals surface area contributed by atoms with Crippen molar-refractivity contribution in [1.82, 2.24) is 15.2 Å². The van der Waals surface area contributed by atoms with Crippen LogP contribution >= 0.6 is 11.3 Å². The third kappa shape index (κ3) is 4.81. The zero-order valence-electron chi connectivity index (χ0n) is 16.1. The molecule has 0 saturated carbocycles. The molecule has 1 fully saturated rings. The van der Waals surface area contributed by atoms with Gasteiger partial charge >= 0.3 is 0 Å². The molecule has 6 heteroatoms. The standard InChI is InChI=1S/C20H29N3O2S/c1-14-11-23(12-15(2)25-14)20(3,4)13-21-18(24)9-10-19-22-16-7-5-6-8-17(16)26-19/h5-8,14-15H,9-13H2,1-4H3,(H,21,24)/t14-,15-/m0/s1. The molecule has 0 radical (unpaired) electrons. The van der Waals surface area contributed by atoms with Crippen molar-refractivity contribution >= 4 is 27.5 Å². The van der Waals surface area contributed by atoms with Crippen molar-refractivity contribution < 1.29 is 9.53 Å². The van der Waals surface area contributed by atoms with Crippen molar-refractivity contribution in [3.05, 3.63) is 29.3 Å². The highest BCUT2D eigenvalue weighted by molar-refractivity contribution is 7.18. The Balaban J connectivity index is 1.48. The number of ether oxygens (including phenoxy) is 1. The van der Waals surface area contributed by atoms with E-state index >= 15 is 0 Å². The van der Waals surface area contributed by atoms with Gasteiger partial charge in [-0.1, -0.05) is 12.1 Å². The van der Waals surface area contributed by atoms with E-state index in [1.807, 2.05) is 18.2 Å². The van der Waals surface area contributed by atoms with E-state index < -0.39 is 0 Å². The zero-order chi connectivity index (χ0) is 18.7. The molecule has 1 aliphatic rings. The Hall–Kier alpha value is -1.50. The lowest BCUT2D eigenvalue weighted by atomic mass is 10.00. The predicted molar refractivity (Wildman–Crippen MR) is 107 cm³/mol. The summed E-state index contributed by atoms with van der Waals surface area (Å²) in [5, 5.41) is 4.13. The molecule has 2 heterocycles. The highest BCUT2D eigenvalue weighted by Gasteiger charge is 2.33. The smallest absolute Gasteiger partial charge is 0.220 e. The monoisotopic (exact) mass is 375 g/mol. The van der Waals surface area contributed by atoms with Crippen molar-refractivity contribution in [2.24, 2.45) is 0 Å². The third-order valence-corrected chi connectivity index (χ3v) is 5.99. The molecule has 3 rings (SSSR count). The number of aryl methyl sites for hydroxylation is 1. The summed E-state index contributed by atoms with van der Waals surface area (Å²) in [5.74, 6) is 0.0895. The van der Waals surface area contributed by atoms with Gasteiger partial charge in [0, 0.05) is 38.0 Å². The first-order valence-electron chi connectivity index (χ1n) is 9.35. The summed E-state index contributed by atoms with van der Waals surface area (Å²) in [7, 11) is 0. The second-order valence-corrected chi connectivity index (χ2v) is 8.94. The number of rotatable bonds is 6. The average Bonchev–Trinajstić information content (AvgIpc) is 3.00. The molecule has 142 valence electrons. The molecule has 0 bridgehead atoms. The van der Waals surface area contributed by atoms with Crippen molar-refractivity contribution in [2.45, 2.75) is 58.3 Å². The first-order chi connectivity index (χ1) is 12.3. The summed E-state index contributed by atoms with van der Waals surface area (Å²) < 4.78 is 7.00. The van der Waals surface area contributed by atoms with Crippen molar-refractivity contribution in [3.63, 3.8) is 0 Å². The number of hydrogen-bond donors (Lipinski definition) is 1. The van der Waals surface area contributed by atoms with Crippen LogP contribution in [0.3, 0.4) is 0 Å². The van der Waals surface area contributed by atoms with Gasteiger partial charge in [-0.15, -0.1) is 11.3 Å². The lowest BCUT2D eigenvalue weighted by molar-refractivity contribution is -0.122. The van der Waals surface area contributed by atoms with Crippen LogP contribution in [-0.2, 0) is 16.0 Å². The maximum Gasteiger partial charge on any atom is 0.220 e. The van der Waals surface area contributed by atoms with E-state index in [1.165, 1.54) is 4.70 Å². The fraction of sp³-hybridized carbons (Fsp3) is 0.600. The molecular weight excluding hydrogens is 346 g/mol. The molecule has 1 aromatic carbocycles. The van der Waals surface area contributed by atoms with Crippen LogP contribution < -0.4 is 5.32 Å². The minimum absolute atomic E-state index is 0.0855. The lowest BCUT2D eigenvalue weighted by Crippen LogP contribution is -2.58. The molecule has 1 aliphatic heterocycles. The fourth-order valence-electron chi connectivity index (χ4n) is 3.43. The topological polar surface area (TPSA) is 54.5 Å². The van der Waals surface area contributed by atoms with E-state index in [2.05, 4.69) is 49.0 Å². The number of para-hydroxylation sites is 1. The molecule has 1 saturated heterocycles. The van der Waals surface area contributed by atoms with Crippen LogP contribution in [0.5, 0.6) is 0 Å². The minimum atomic E-state index is -0.0855. The largest absolute Gasteiger partial charge is 0.373 e. The Morgan fingerprint density at radius 1 is 1.31 bits per heavy atom.